The molecule has 3 nitrogen and oxygen atoms in total. The highest BCUT2D eigenvalue weighted by Gasteiger charge is 2.48. The number of halogens is 7. The summed E-state index contributed by atoms with van der Waals surface area (Å²) in [5, 5.41) is 0. The van der Waals surface area contributed by atoms with Gasteiger partial charge in [-0.3, -0.25) is 0 Å². The minimum atomic E-state index is -4.73. The van der Waals surface area contributed by atoms with Crippen molar-refractivity contribution in [1.82, 2.24) is 0 Å². The van der Waals surface area contributed by atoms with Crippen LogP contribution in [0, 0.1) is 5.92 Å². The first-order chi connectivity index (χ1) is 16.5. The van der Waals surface area contributed by atoms with Gasteiger partial charge in [-0.25, -0.2) is 0 Å². The Morgan fingerprint density at radius 2 is 1.43 bits per heavy atom. The number of alkyl halides is 7. The van der Waals surface area contributed by atoms with E-state index in [0.29, 0.717) is 17.2 Å². The maximum atomic E-state index is 13.6. The molecule has 1 aliphatic rings. The Morgan fingerprint density at radius 3 is 2.11 bits per heavy atom. The third-order valence-corrected chi connectivity index (χ3v) is 5.64. The molecule has 1 saturated heterocycles. The van der Waals surface area contributed by atoms with E-state index in [9.17, 15) is 30.7 Å². The van der Waals surface area contributed by atoms with Gasteiger partial charge in [0.2, 0.25) is 0 Å². The normalized spacial score (nSPS) is 18.7. The van der Waals surface area contributed by atoms with Gasteiger partial charge in [-0.2, -0.15) is 30.7 Å². The topological polar surface area (TPSA) is 21.7 Å². The summed E-state index contributed by atoms with van der Waals surface area (Å²) in [6.07, 6.45) is -13.6. The fourth-order valence-corrected chi connectivity index (χ4v) is 4.01. The van der Waals surface area contributed by atoms with Gasteiger partial charge in [-0.1, -0.05) is 36.4 Å². The summed E-state index contributed by atoms with van der Waals surface area (Å²) >= 11 is 0. The van der Waals surface area contributed by atoms with Gasteiger partial charge in [0.05, 0.1) is 12.0 Å². The van der Waals surface area contributed by atoms with Crippen LogP contribution in [0.2, 0.25) is 0 Å². The molecular formula is C25H20F7NO2. The van der Waals surface area contributed by atoms with Crippen molar-refractivity contribution in [2.45, 2.75) is 31.2 Å². The molecule has 186 valence electrons. The zero-order valence-corrected chi connectivity index (χ0v) is 18.1. The summed E-state index contributed by atoms with van der Waals surface area (Å²) in [5.74, 6) is -1.31. The summed E-state index contributed by atoms with van der Waals surface area (Å²) in [6, 6.07) is 19.3. The highest BCUT2D eigenvalue weighted by atomic mass is 19.4. The molecule has 0 saturated carbocycles. The predicted octanol–water partition coefficient (Wildman–Crippen LogP) is 7.85. The molecule has 1 aliphatic heterocycles. The molecule has 0 radical (unpaired) electrons. The second-order valence-corrected chi connectivity index (χ2v) is 8.09. The Bertz CT molecular complexity index is 1140. The van der Waals surface area contributed by atoms with E-state index < -0.39 is 36.4 Å². The Hall–Kier alpha value is -3.43. The second kappa shape index (κ2) is 9.67. The van der Waals surface area contributed by atoms with E-state index in [-0.39, 0.29) is 18.5 Å². The summed E-state index contributed by atoms with van der Waals surface area (Å²) in [6.45, 7) is -0.374. The maximum Gasteiger partial charge on any atom is 0.461 e. The van der Waals surface area contributed by atoms with Gasteiger partial charge in [-0.05, 0) is 48.4 Å². The lowest BCUT2D eigenvalue weighted by molar-refractivity contribution is -0.253. The van der Waals surface area contributed by atoms with Crippen LogP contribution in [0.25, 0.3) is 0 Å². The Balaban J connectivity index is 1.65. The first kappa shape index (κ1) is 24.7. The minimum Gasteiger partial charge on any atom is -0.457 e. The molecule has 0 bridgehead atoms. The molecule has 0 N–H and O–H groups in total. The van der Waals surface area contributed by atoms with Crippen LogP contribution in [-0.2, 0) is 0 Å². The third-order valence-electron chi connectivity index (χ3n) is 5.64. The van der Waals surface area contributed by atoms with Gasteiger partial charge < -0.3 is 14.4 Å². The predicted molar refractivity (Wildman–Crippen MR) is 115 cm³/mol. The average Bonchev–Trinajstić information content (AvgIpc) is 3.26. The quantitative estimate of drug-likeness (QED) is 0.309. The number of hydrogen-bond acceptors (Lipinski definition) is 3. The van der Waals surface area contributed by atoms with Crippen LogP contribution in [0.3, 0.4) is 0 Å². The highest BCUT2D eigenvalue weighted by molar-refractivity contribution is 5.55. The number of nitrogens with zero attached hydrogens (tertiary/aromatic N) is 1. The molecule has 0 amide bonds. The second-order valence-electron chi connectivity index (χ2n) is 8.09. The standard InChI is InChI=1S/C25H20F7NO2/c26-23(27)25(31,32)35-21-11-4-6-16(12-21)22-13-17(24(28,29)30)15-33(22)18-7-5-10-20(14-18)34-19-8-2-1-3-9-19/h1-12,14,17,22-23H,13,15H2/t17?,22-/m0/s1. The van der Waals surface area contributed by atoms with Crippen molar-refractivity contribution in [3.8, 4) is 17.2 Å². The number of rotatable bonds is 7. The first-order valence-electron chi connectivity index (χ1n) is 10.6. The molecule has 4 rings (SSSR count). The Morgan fingerprint density at radius 1 is 0.771 bits per heavy atom. The molecule has 3 aromatic carbocycles. The molecule has 1 heterocycles. The number of para-hydroxylation sites is 1. The first-order valence-corrected chi connectivity index (χ1v) is 10.6. The smallest absolute Gasteiger partial charge is 0.457 e. The average molecular weight is 499 g/mol. The molecule has 35 heavy (non-hydrogen) atoms. The van der Waals surface area contributed by atoms with Gasteiger partial charge >= 0.3 is 18.7 Å². The Labute approximate surface area is 196 Å². The minimum absolute atomic E-state index is 0.230. The molecular weight excluding hydrogens is 479 g/mol. The van der Waals surface area contributed by atoms with E-state index >= 15 is 0 Å². The highest BCUT2D eigenvalue weighted by Crippen LogP contribution is 2.46. The van der Waals surface area contributed by atoms with Crippen molar-refractivity contribution < 1.29 is 40.2 Å². The lowest BCUT2D eigenvalue weighted by atomic mass is 9.99. The molecule has 2 atom stereocenters. The van der Waals surface area contributed by atoms with Crippen LogP contribution in [0.4, 0.5) is 36.4 Å². The van der Waals surface area contributed by atoms with E-state index in [4.69, 9.17) is 4.74 Å². The van der Waals surface area contributed by atoms with Crippen LogP contribution in [0.15, 0.2) is 78.9 Å². The summed E-state index contributed by atoms with van der Waals surface area (Å²) in [5.41, 5.74) is 0.660. The molecule has 3 aromatic rings. The van der Waals surface area contributed by atoms with Gasteiger partial charge in [0.15, 0.2) is 0 Å². The van der Waals surface area contributed by atoms with Gasteiger partial charge in [0.25, 0.3) is 0 Å². The number of anilines is 1. The number of hydrogen-bond donors (Lipinski definition) is 0. The van der Waals surface area contributed by atoms with E-state index in [1.165, 1.54) is 17.0 Å². The van der Waals surface area contributed by atoms with Crippen molar-refractivity contribution in [3.05, 3.63) is 84.4 Å². The monoisotopic (exact) mass is 499 g/mol. The largest absolute Gasteiger partial charge is 0.461 e. The third kappa shape index (κ3) is 5.80. The van der Waals surface area contributed by atoms with Gasteiger partial charge in [-0.15, -0.1) is 0 Å². The van der Waals surface area contributed by atoms with Gasteiger partial charge in [0.1, 0.15) is 17.2 Å². The van der Waals surface area contributed by atoms with E-state index in [0.717, 1.165) is 12.1 Å². The van der Waals surface area contributed by atoms with E-state index in [1.807, 2.05) is 6.07 Å². The molecule has 0 aliphatic carbocycles. The van der Waals surface area contributed by atoms with E-state index in [2.05, 4.69) is 4.74 Å². The zero-order valence-electron chi connectivity index (χ0n) is 18.1. The SMILES string of the molecule is FC(F)C(F)(F)Oc1cccc([C@@H]2CC(C(F)(F)F)CN2c2cccc(Oc3ccccc3)c2)c1. The van der Waals surface area contributed by atoms with Crippen molar-refractivity contribution in [3.63, 3.8) is 0 Å². The van der Waals surface area contributed by atoms with Crippen LogP contribution < -0.4 is 14.4 Å². The van der Waals surface area contributed by atoms with Crippen molar-refractivity contribution in [2.24, 2.45) is 5.92 Å². The van der Waals surface area contributed by atoms with Crippen LogP contribution >= 0.6 is 0 Å². The van der Waals surface area contributed by atoms with Crippen molar-refractivity contribution in [2.75, 3.05) is 11.4 Å². The molecule has 0 aromatic heterocycles. The molecule has 1 unspecified atom stereocenters. The van der Waals surface area contributed by atoms with Crippen LogP contribution in [0.1, 0.15) is 18.0 Å². The van der Waals surface area contributed by atoms with Crippen LogP contribution in [-0.4, -0.2) is 25.3 Å². The Kier molecular flexibility index (Phi) is 6.82. The van der Waals surface area contributed by atoms with E-state index in [1.54, 1.807) is 48.5 Å². The number of ether oxygens (including phenoxy) is 2. The molecule has 1 fully saturated rings. The lowest BCUT2D eigenvalue weighted by Gasteiger charge is -2.28. The van der Waals surface area contributed by atoms with Gasteiger partial charge in [0, 0.05) is 18.3 Å². The summed E-state index contributed by atoms with van der Waals surface area (Å²) in [4.78, 5) is 1.50. The maximum absolute atomic E-state index is 13.6. The molecule has 10 heteroatoms. The van der Waals surface area contributed by atoms with Crippen molar-refractivity contribution in [1.29, 1.82) is 0 Å². The van der Waals surface area contributed by atoms with Crippen LogP contribution in [0.5, 0.6) is 17.2 Å². The van der Waals surface area contributed by atoms with Crippen molar-refractivity contribution >= 4 is 5.69 Å². The summed E-state index contributed by atoms with van der Waals surface area (Å²) < 4.78 is 103. The zero-order chi connectivity index (χ0) is 25.2. The summed E-state index contributed by atoms with van der Waals surface area (Å²) in [7, 11) is 0. The fraction of sp³-hybridized carbons (Fsp3) is 0.280. The number of benzene rings is 3. The fourth-order valence-electron chi connectivity index (χ4n) is 4.01. The lowest BCUT2D eigenvalue weighted by Crippen LogP contribution is -2.33. The molecule has 0 spiro atoms.